The smallest absolute Gasteiger partial charge is 0.178 e. The van der Waals surface area contributed by atoms with Gasteiger partial charge in [0.15, 0.2) is 11.6 Å². The second kappa shape index (κ2) is 11.8. The molecule has 0 unspecified atom stereocenters. The van der Waals surface area contributed by atoms with Crippen molar-refractivity contribution < 1.29 is 56.4 Å². The Morgan fingerprint density at radius 1 is 0.882 bits per heavy atom. The summed E-state index contributed by atoms with van der Waals surface area (Å²) in [4.78, 5) is 40.6. The molecule has 0 fully saturated rings. The average Bonchev–Trinajstić information content (AvgIpc) is 2.09. The van der Waals surface area contributed by atoms with Crippen molar-refractivity contribution in [2.24, 2.45) is 0 Å². The zero-order valence-electron chi connectivity index (χ0n) is 9.30. The van der Waals surface area contributed by atoms with Crippen LogP contribution < -0.4 is 0 Å². The van der Waals surface area contributed by atoms with Gasteiger partial charge < -0.3 is 0 Å². The van der Waals surface area contributed by atoms with Crippen LogP contribution in [0.3, 0.4) is 0 Å². The number of rotatable bonds is 2. The van der Waals surface area contributed by atoms with Gasteiger partial charge in [0.25, 0.3) is 0 Å². The monoisotopic (exact) mass is 373 g/mol. The minimum Gasteiger partial charge on any atom is -0.300 e. The van der Waals surface area contributed by atoms with Crippen LogP contribution in [0.15, 0.2) is 24.3 Å². The maximum atomic E-state index is 10.3. The van der Waals surface area contributed by atoms with Crippen molar-refractivity contribution >= 4 is 23.1 Å². The summed E-state index contributed by atoms with van der Waals surface area (Å²) in [5.41, 5.74) is 0. The molecule has 0 N–H and O–H groups in total. The van der Waals surface area contributed by atoms with Gasteiger partial charge in [-0.05, 0) is 38.2 Å². The van der Waals surface area contributed by atoms with Gasteiger partial charge in [-0.2, -0.15) is 0 Å². The van der Waals surface area contributed by atoms with Gasteiger partial charge in [-0.1, -0.05) is 0 Å². The summed E-state index contributed by atoms with van der Waals surface area (Å²) in [6, 6.07) is 0. The molecule has 0 aromatic carbocycles. The molecule has 6 heteroatoms. The average molecular weight is 374 g/mol. The fourth-order valence-electron chi connectivity index (χ4n) is 0.790. The number of hydrogen-bond acceptors (Lipinski definition) is 4. The molecule has 1 radical (unpaired) electrons. The molecule has 1 aliphatic carbocycles. The van der Waals surface area contributed by atoms with Crippen LogP contribution in [0.25, 0.3) is 0 Å². The topological polar surface area (TPSA) is 68.3 Å². The first-order valence-electron chi connectivity index (χ1n) is 4.34. The molecule has 17 heavy (non-hydrogen) atoms. The number of ketones is 4. The Morgan fingerprint density at radius 3 is 1.24 bits per heavy atom. The second-order valence-electron chi connectivity index (χ2n) is 3.05. The number of allylic oxidation sites excluding steroid dienone is 4. The van der Waals surface area contributed by atoms with Crippen molar-refractivity contribution in [1.29, 1.82) is 0 Å². The van der Waals surface area contributed by atoms with E-state index < -0.39 is 0 Å². The molecule has 0 amide bonds. The van der Waals surface area contributed by atoms with Gasteiger partial charge in [0, 0.05) is 37.2 Å². The maximum Gasteiger partial charge on any atom is 0.178 e. The van der Waals surface area contributed by atoms with Gasteiger partial charge in [0.05, 0.1) is 6.42 Å². The fraction of sp³-hybridized carbons (Fsp3) is 0.273. The van der Waals surface area contributed by atoms with Crippen LogP contribution in [0.1, 0.15) is 20.3 Å². The van der Waals surface area contributed by atoms with E-state index in [0.717, 1.165) is 0 Å². The van der Waals surface area contributed by atoms with Gasteiger partial charge in [-0.3, -0.25) is 19.2 Å². The Hall–Kier alpha value is -0.671. The zero-order valence-corrected chi connectivity index (χ0v) is 11.9. The van der Waals surface area contributed by atoms with Crippen molar-refractivity contribution in [3.8, 4) is 0 Å². The third-order valence-electron chi connectivity index (χ3n) is 1.32. The molecule has 99 valence electrons. The number of Topliss-reactive ketones (excluding diaryl/α,β-unsaturated/α-hetero) is 2. The van der Waals surface area contributed by atoms with Crippen LogP contribution >= 0.6 is 0 Å². The van der Waals surface area contributed by atoms with E-state index in [0.29, 0.717) is 0 Å². The summed E-state index contributed by atoms with van der Waals surface area (Å²) in [5, 5.41) is 0. The summed E-state index contributed by atoms with van der Waals surface area (Å²) in [5.74, 6) is -0.366. The molecule has 0 atom stereocenters. The van der Waals surface area contributed by atoms with Gasteiger partial charge in [-0.15, -0.1) is 0 Å². The molecular formula is C11H12CoO4Pd. The van der Waals surface area contributed by atoms with E-state index in [4.69, 9.17) is 0 Å². The summed E-state index contributed by atoms with van der Waals surface area (Å²) in [6.45, 7) is 2.81. The minimum absolute atomic E-state index is 0. The van der Waals surface area contributed by atoms with Crippen molar-refractivity contribution in [1.82, 2.24) is 0 Å². The SMILES string of the molecule is CC(=O)CC(C)=O.O=C1C=CC(=O)C=C1.[Co].[Pd]. The number of hydrogen-bond donors (Lipinski definition) is 0. The van der Waals surface area contributed by atoms with Crippen molar-refractivity contribution in [2.45, 2.75) is 20.3 Å². The first kappa shape index (κ1) is 21.6. The number of carbonyl (C=O) groups is 4. The Balaban J connectivity index is -0.000000208. The Labute approximate surface area is 124 Å². The molecule has 0 aromatic heterocycles. The summed E-state index contributed by atoms with van der Waals surface area (Å²) in [6.07, 6.45) is 5.09. The Morgan fingerprint density at radius 2 is 1.12 bits per heavy atom. The van der Waals surface area contributed by atoms with E-state index in [1.54, 1.807) is 0 Å². The van der Waals surface area contributed by atoms with Crippen LogP contribution in [0.2, 0.25) is 0 Å². The fourth-order valence-corrected chi connectivity index (χ4v) is 0.790. The van der Waals surface area contributed by atoms with Crippen LogP contribution in [0.5, 0.6) is 0 Å². The van der Waals surface area contributed by atoms with Crippen LogP contribution in [0, 0.1) is 0 Å². The summed E-state index contributed by atoms with van der Waals surface area (Å²) >= 11 is 0. The Kier molecular flexibility index (Phi) is 15.0. The van der Waals surface area contributed by atoms with Gasteiger partial charge in [0.1, 0.15) is 11.6 Å². The molecule has 0 aromatic rings. The quantitative estimate of drug-likeness (QED) is 0.408. The molecule has 1 rings (SSSR count). The molecular weight excluding hydrogens is 361 g/mol. The van der Waals surface area contributed by atoms with Gasteiger partial charge >= 0.3 is 0 Å². The van der Waals surface area contributed by atoms with Crippen LogP contribution in [-0.2, 0) is 56.4 Å². The molecule has 0 aliphatic heterocycles. The normalized spacial score (nSPS) is 11.6. The molecule has 0 saturated heterocycles. The molecule has 1 aliphatic rings. The standard InChI is InChI=1S/C6H4O2.C5H8O2.Co.Pd/c7-5-1-2-6(8)4-3-5;1-4(6)3-5(2)7;;/h1-4H;3H2,1-2H3;;. The predicted molar refractivity (Wildman–Crippen MR) is 54.3 cm³/mol. The van der Waals surface area contributed by atoms with E-state index in [1.165, 1.54) is 38.2 Å². The van der Waals surface area contributed by atoms with Crippen molar-refractivity contribution in [2.75, 3.05) is 0 Å². The maximum absolute atomic E-state index is 10.3. The van der Waals surface area contributed by atoms with Crippen molar-refractivity contribution in [3.63, 3.8) is 0 Å². The summed E-state index contributed by atoms with van der Waals surface area (Å²) < 4.78 is 0. The molecule has 4 nitrogen and oxygen atoms in total. The largest absolute Gasteiger partial charge is 0.300 e. The Bertz CT molecular complexity index is 308. The second-order valence-corrected chi connectivity index (χ2v) is 3.05. The summed E-state index contributed by atoms with van der Waals surface area (Å²) in [7, 11) is 0. The van der Waals surface area contributed by atoms with Crippen molar-refractivity contribution in [3.05, 3.63) is 24.3 Å². The molecule has 0 bridgehead atoms. The van der Waals surface area contributed by atoms with Gasteiger partial charge in [0.2, 0.25) is 0 Å². The van der Waals surface area contributed by atoms with Crippen LogP contribution in [-0.4, -0.2) is 23.1 Å². The molecule has 0 heterocycles. The van der Waals surface area contributed by atoms with Gasteiger partial charge in [-0.25, -0.2) is 0 Å². The van der Waals surface area contributed by atoms with E-state index in [1.807, 2.05) is 0 Å². The molecule has 0 saturated carbocycles. The van der Waals surface area contributed by atoms with Crippen LogP contribution in [0.4, 0.5) is 0 Å². The zero-order chi connectivity index (χ0) is 11.8. The third-order valence-corrected chi connectivity index (χ3v) is 1.32. The number of carbonyl (C=O) groups excluding carboxylic acids is 4. The first-order chi connectivity index (χ1) is 6.91. The third kappa shape index (κ3) is 15.3. The predicted octanol–water partition coefficient (Wildman–Crippen LogP) is 0.800. The van der Waals surface area contributed by atoms with E-state index >= 15 is 0 Å². The molecule has 0 spiro atoms. The van der Waals surface area contributed by atoms with E-state index in [2.05, 4.69) is 0 Å². The van der Waals surface area contributed by atoms with E-state index in [-0.39, 0.29) is 66.8 Å². The van der Waals surface area contributed by atoms with E-state index in [9.17, 15) is 19.2 Å². The minimum atomic E-state index is -0.121. The first-order valence-corrected chi connectivity index (χ1v) is 4.34.